The van der Waals surface area contributed by atoms with E-state index < -0.39 is 0 Å². The van der Waals surface area contributed by atoms with E-state index in [-0.39, 0.29) is 17.8 Å². The van der Waals surface area contributed by atoms with Crippen molar-refractivity contribution in [2.75, 3.05) is 18.6 Å². The molecule has 3 rings (SSSR count). The molecule has 1 aliphatic rings. The van der Waals surface area contributed by atoms with Gasteiger partial charge in [0.1, 0.15) is 5.75 Å². The number of benzene rings is 2. The lowest BCUT2D eigenvalue weighted by atomic mass is 10.2. The number of halogens is 1. The van der Waals surface area contributed by atoms with Crippen LogP contribution in [0.3, 0.4) is 0 Å². The van der Waals surface area contributed by atoms with Gasteiger partial charge in [0.15, 0.2) is 0 Å². The molecule has 0 saturated carbocycles. The summed E-state index contributed by atoms with van der Waals surface area (Å²) in [5, 5.41) is 2.81. The van der Waals surface area contributed by atoms with Crippen LogP contribution in [-0.2, 0) is 4.79 Å². The van der Waals surface area contributed by atoms with Gasteiger partial charge in [-0.3, -0.25) is 14.5 Å². The number of imide groups is 1. The summed E-state index contributed by atoms with van der Waals surface area (Å²) < 4.78 is 6.32. The standard InChI is InChI=1S/C19H17BrN2O3S/c1-2-25-16-8-6-13(7-9-16)10-17-18(23)22(19(24)26-17)12-21-15-5-3-4-14(20)11-15/h3-11,21H,2,12H2,1H3/b17-10-. The fourth-order valence-electron chi connectivity index (χ4n) is 2.38. The Bertz CT molecular complexity index is 852. The van der Waals surface area contributed by atoms with Crippen LogP contribution < -0.4 is 10.1 Å². The first-order chi connectivity index (χ1) is 12.6. The number of hydrogen-bond acceptors (Lipinski definition) is 5. The van der Waals surface area contributed by atoms with Crippen molar-refractivity contribution >= 4 is 50.6 Å². The second kappa shape index (κ2) is 8.42. The predicted molar refractivity (Wildman–Crippen MR) is 108 cm³/mol. The van der Waals surface area contributed by atoms with Crippen molar-refractivity contribution in [2.24, 2.45) is 0 Å². The second-order valence-corrected chi connectivity index (χ2v) is 7.37. The number of anilines is 1. The summed E-state index contributed by atoms with van der Waals surface area (Å²) in [5.41, 5.74) is 1.67. The molecule has 0 spiro atoms. The summed E-state index contributed by atoms with van der Waals surface area (Å²) in [6.07, 6.45) is 1.72. The third kappa shape index (κ3) is 4.47. The zero-order chi connectivity index (χ0) is 18.5. The number of nitrogens with zero attached hydrogens (tertiary/aromatic N) is 1. The van der Waals surface area contributed by atoms with Gasteiger partial charge in [-0.25, -0.2) is 0 Å². The van der Waals surface area contributed by atoms with E-state index in [4.69, 9.17) is 4.74 Å². The van der Waals surface area contributed by atoms with Crippen molar-refractivity contribution in [3.8, 4) is 5.75 Å². The lowest BCUT2D eigenvalue weighted by Gasteiger charge is -2.14. The fraction of sp³-hybridized carbons (Fsp3) is 0.158. The Hall–Kier alpha value is -2.25. The van der Waals surface area contributed by atoms with Crippen LogP contribution in [0.25, 0.3) is 6.08 Å². The molecule has 0 atom stereocenters. The predicted octanol–water partition coefficient (Wildman–Crippen LogP) is 4.95. The van der Waals surface area contributed by atoms with Gasteiger partial charge >= 0.3 is 0 Å². The Balaban J connectivity index is 1.67. The van der Waals surface area contributed by atoms with Gasteiger partial charge in [-0.05, 0) is 60.7 Å². The number of rotatable bonds is 6. The van der Waals surface area contributed by atoms with E-state index in [1.165, 1.54) is 4.90 Å². The third-order valence-corrected chi connectivity index (χ3v) is 5.03. The van der Waals surface area contributed by atoms with Crippen LogP contribution in [0, 0.1) is 0 Å². The van der Waals surface area contributed by atoms with E-state index in [9.17, 15) is 9.59 Å². The Labute approximate surface area is 164 Å². The van der Waals surface area contributed by atoms with Crippen LogP contribution in [0.5, 0.6) is 5.75 Å². The molecule has 2 amide bonds. The molecule has 1 aliphatic heterocycles. The average molecular weight is 433 g/mol. The molecule has 2 aromatic carbocycles. The average Bonchev–Trinajstić information content (AvgIpc) is 2.88. The summed E-state index contributed by atoms with van der Waals surface area (Å²) in [5.74, 6) is 0.479. The molecule has 7 heteroatoms. The number of ether oxygens (including phenoxy) is 1. The fourth-order valence-corrected chi connectivity index (χ4v) is 3.62. The maximum Gasteiger partial charge on any atom is 0.295 e. The molecular weight excluding hydrogens is 416 g/mol. The topological polar surface area (TPSA) is 58.6 Å². The van der Waals surface area contributed by atoms with Gasteiger partial charge in [-0.15, -0.1) is 0 Å². The third-order valence-electron chi connectivity index (χ3n) is 3.63. The number of thioether (sulfide) groups is 1. The van der Waals surface area contributed by atoms with Crippen LogP contribution in [-0.4, -0.2) is 29.3 Å². The molecule has 1 fully saturated rings. The van der Waals surface area contributed by atoms with Crippen molar-refractivity contribution < 1.29 is 14.3 Å². The van der Waals surface area contributed by atoms with E-state index in [2.05, 4.69) is 21.2 Å². The second-order valence-electron chi connectivity index (χ2n) is 5.46. The highest BCUT2D eigenvalue weighted by molar-refractivity contribution is 9.10. The van der Waals surface area contributed by atoms with E-state index in [1.54, 1.807) is 6.08 Å². The molecule has 0 bridgehead atoms. The lowest BCUT2D eigenvalue weighted by Crippen LogP contribution is -2.33. The van der Waals surface area contributed by atoms with Gasteiger partial charge in [0.25, 0.3) is 11.1 Å². The molecule has 1 saturated heterocycles. The highest BCUT2D eigenvalue weighted by atomic mass is 79.9. The van der Waals surface area contributed by atoms with Crippen molar-refractivity contribution in [1.82, 2.24) is 4.90 Å². The molecule has 0 unspecified atom stereocenters. The minimum atomic E-state index is -0.295. The SMILES string of the molecule is CCOc1ccc(/C=C2\SC(=O)N(CNc3cccc(Br)c3)C2=O)cc1. The number of nitrogens with one attached hydrogen (secondary N) is 1. The van der Waals surface area contributed by atoms with Gasteiger partial charge in [0.05, 0.1) is 18.2 Å². The van der Waals surface area contributed by atoms with Crippen LogP contribution in [0.1, 0.15) is 12.5 Å². The maximum atomic E-state index is 12.5. The van der Waals surface area contributed by atoms with Crippen molar-refractivity contribution in [3.05, 3.63) is 63.5 Å². The Kier molecular flexibility index (Phi) is 6.00. The first kappa shape index (κ1) is 18.5. The quantitative estimate of drug-likeness (QED) is 0.653. The molecule has 1 N–H and O–H groups in total. The molecule has 5 nitrogen and oxygen atoms in total. The summed E-state index contributed by atoms with van der Waals surface area (Å²) >= 11 is 4.34. The van der Waals surface area contributed by atoms with Crippen molar-refractivity contribution in [1.29, 1.82) is 0 Å². The van der Waals surface area contributed by atoms with Crippen LogP contribution in [0.4, 0.5) is 10.5 Å². The summed E-state index contributed by atoms with van der Waals surface area (Å²) in [6.45, 7) is 2.65. The Morgan fingerprint density at radius 2 is 1.96 bits per heavy atom. The smallest absolute Gasteiger partial charge is 0.295 e. The number of carbonyl (C=O) groups excluding carboxylic acids is 2. The highest BCUT2D eigenvalue weighted by Crippen LogP contribution is 2.32. The van der Waals surface area contributed by atoms with Gasteiger partial charge in [-0.1, -0.05) is 34.1 Å². The first-order valence-corrected chi connectivity index (χ1v) is 9.65. The zero-order valence-corrected chi connectivity index (χ0v) is 16.5. The van der Waals surface area contributed by atoms with Crippen molar-refractivity contribution in [2.45, 2.75) is 6.92 Å². The number of hydrogen-bond donors (Lipinski definition) is 1. The Morgan fingerprint density at radius 1 is 1.19 bits per heavy atom. The van der Waals surface area contributed by atoms with Crippen molar-refractivity contribution in [3.63, 3.8) is 0 Å². The monoisotopic (exact) mass is 432 g/mol. The molecule has 26 heavy (non-hydrogen) atoms. The normalized spacial score (nSPS) is 15.6. The maximum absolute atomic E-state index is 12.5. The van der Waals surface area contributed by atoms with Crippen LogP contribution >= 0.6 is 27.7 Å². The molecule has 134 valence electrons. The number of carbonyl (C=O) groups is 2. The lowest BCUT2D eigenvalue weighted by molar-refractivity contribution is -0.122. The first-order valence-electron chi connectivity index (χ1n) is 8.04. The van der Waals surface area contributed by atoms with Crippen LogP contribution in [0.15, 0.2) is 57.9 Å². The van der Waals surface area contributed by atoms with Gasteiger partial charge in [-0.2, -0.15) is 0 Å². The van der Waals surface area contributed by atoms with E-state index in [1.807, 2.05) is 55.5 Å². The largest absolute Gasteiger partial charge is 0.494 e. The van der Waals surface area contributed by atoms with Crippen LogP contribution in [0.2, 0.25) is 0 Å². The molecule has 0 aromatic heterocycles. The van der Waals surface area contributed by atoms with E-state index in [0.29, 0.717) is 11.5 Å². The summed E-state index contributed by atoms with van der Waals surface area (Å²) in [7, 11) is 0. The minimum absolute atomic E-state index is 0.127. The molecule has 2 aromatic rings. The number of amides is 2. The van der Waals surface area contributed by atoms with Gasteiger partial charge in [0, 0.05) is 10.2 Å². The zero-order valence-electron chi connectivity index (χ0n) is 14.1. The molecular formula is C19H17BrN2O3S. The van der Waals surface area contributed by atoms with E-state index in [0.717, 1.165) is 33.2 Å². The Morgan fingerprint density at radius 3 is 2.65 bits per heavy atom. The molecule has 1 heterocycles. The van der Waals surface area contributed by atoms with Gasteiger partial charge in [0.2, 0.25) is 0 Å². The molecule has 0 radical (unpaired) electrons. The van der Waals surface area contributed by atoms with E-state index >= 15 is 0 Å². The van der Waals surface area contributed by atoms with Gasteiger partial charge < -0.3 is 10.1 Å². The summed E-state index contributed by atoms with van der Waals surface area (Å²) in [6, 6.07) is 14.9. The highest BCUT2D eigenvalue weighted by Gasteiger charge is 2.34. The summed E-state index contributed by atoms with van der Waals surface area (Å²) in [4.78, 5) is 26.3. The minimum Gasteiger partial charge on any atom is -0.494 e. The molecule has 0 aliphatic carbocycles.